The molecule has 12 heteroatoms. The molecular weight excluding hydrogens is 636 g/mol. The molecule has 1 aromatic heterocycles. The average Bonchev–Trinajstić information content (AvgIpc) is 3.80. The molecule has 3 fully saturated rings. The van der Waals surface area contributed by atoms with Gasteiger partial charge in [0.1, 0.15) is 0 Å². The van der Waals surface area contributed by atoms with Gasteiger partial charge in [-0.15, -0.1) is 0 Å². The van der Waals surface area contributed by atoms with E-state index in [4.69, 9.17) is 25.8 Å². The third-order valence-corrected chi connectivity index (χ3v) is 10.7. The quantitative estimate of drug-likeness (QED) is 0.301. The minimum atomic E-state index is -0.737. The highest BCUT2D eigenvalue weighted by molar-refractivity contribution is 6.34. The molecule has 2 aromatic carbocycles. The van der Waals surface area contributed by atoms with Gasteiger partial charge in [0, 0.05) is 64.0 Å². The van der Waals surface area contributed by atoms with Gasteiger partial charge in [0.25, 0.3) is 5.91 Å². The van der Waals surface area contributed by atoms with E-state index in [1.807, 2.05) is 46.8 Å². The Morgan fingerprint density at radius 1 is 0.979 bits per heavy atom. The number of carbonyl (C=O) groups excluding carboxylic acids is 2. The van der Waals surface area contributed by atoms with Gasteiger partial charge in [0.2, 0.25) is 5.91 Å². The van der Waals surface area contributed by atoms with Gasteiger partial charge in [-0.2, -0.15) is 0 Å². The Morgan fingerprint density at radius 3 is 2.35 bits per heavy atom. The second-order valence-electron chi connectivity index (χ2n) is 13.4. The van der Waals surface area contributed by atoms with Crippen molar-refractivity contribution in [2.45, 2.75) is 68.9 Å². The SMILES string of the molecule is CO[C@H]1CN([C@H]2C[C@@H](CO[C@H]3CC[C@H](C(=O)O)CC3)N(C(=O)Cc3ccc(NC(=O)c4cn(C)c5ccccc45)c(Cl)c3)C2)C[C@H]1OC. The van der Waals surface area contributed by atoms with Crippen LogP contribution in [0.2, 0.25) is 5.02 Å². The Hall–Kier alpha value is -3.48. The number of anilines is 1. The van der Waals surface area contributed by atoms with E-state index in [0.717, 1.165) is 36.0 Å². The highest BCUT2D eigenvalue weighted by atomic mass is 35.5. The van der Waals surface area contributed by atoms with E-state index in [9.17, 15) is 19.5 Å². The van der Waals surface area contributed by atoms with Crippen molar-refractivity contribution in [2.75, 3.05) is 45.8 Å². The standard InChI is InChI=1S/C36H45ClN4O7/c1-39-18-28(27-6-4-5-7-31(27)39)35(43)38-30-13-8-22(14-29(30)37)15-34(42)41-17-24(40-19-32(46-2)33(20-40)47-3)16-25(41)21-48-26-11-9-23(10-12-26)36(44)45/h4-8,13-14,18,23-26,32-33H,9-12,15-17,19-21H2,1-3H3,(H,38,43)(H,44,45)/t23-,24-,25-,26-,32-,33+/m0/s1. The van der Waals surface area contributed by atoms with E-state index >= 15 is 0 Å². The zero-order chi connectivity index (χ0) is 33.9. The van der Waals surface area contributed by atoms with Gasteiger partial charge in [-0.3, -0.25) is 19.3 Å². The Balaban J connectivity index is 1.12. The van der Waals surface area contributed by atoms with Crippen LogP contribution in [0.3, 0.4) is 0 Å². The minimum absolute atomic E-state index is 0.00503. The molecule has 0 unspecified atom stereocenters. The van der Waals surface area contributed by atoms with Crippen LogP contribution in [0.1, 0.15) is 48.0 Å². The van der Waals surface area contributed by atoms with E-state index < -0.39 is 5.97 Å². The maximum Gasteiger partial charge on any atom is 0.306 e. The van der Waals surface area contributed by atoms with Gasteiger partial charge in [-0.05, 0) is 55.9 Å². The number of amides is 2. The highest BCUT2D eigenvalue weighted by Crippen LogP contribution is 2.32. The number of aryl methyl sites for hydroxylation is 1. The number of likely N-dealkylation sites (tertiary alicyclic amines) is 2. The van der Waals surface area contributed by atoms with Gasteiger partial charge in [-0.1, -0.05) is 35.9 Å². The number of nitrogens with zero attached hydrogens (tertiary/aromatic N) is 3. The lowest BCUT2D eigenvalue weighted by Gasteiger charge is -2.30. The summed E-state index contributed by atoms with van der Waals surface area (Å²) >= 11 is 6.65. The lowest BCUT2D eigenvalue weighted by molar-refractivity contribution is -0.144. The van der Waals surface area contributed by atoms with Crippen molar-refractivity contribution in [1.82, 2.24) is 14.4 Å². The fraction of sp³-hybridized carbons (Fsp3) is 0.528. The number of methoxy groups -OCH3 is 2. The van der Waals surface area contributed by atoms with Gasteiger partial charge in [0.15, 0.2) is 0 Å². The van der Waals surface area contributed by atoms with E-state index in [-0.39, 0.29) is 54.5 Å². The number of nitrogens with one attached hydrogen (secondary N) is 1. The molecule has 0 radical (unpaired) electrons. The van der Waals surface area contributed by atoms with Crippen molar-refractivity contribution in [2.24, 2.45) is 13.0 Å². The number of rotatable bonds is 11. The van der Waals surface area contributed by atoms with Crippen molar-refractivity contribution < 1.29 is 33.7 Å². The monoisotopic (exact) mass is 680 g/mol. The number of aromatic nitrogens is 1. The summed E-state index contributed by atoms with van der Waals surface area (Å²) < 4.78 is 19.6. The van der Waals surface area contributed by atoms with E-state index in [2.05, 4.69) is 10.2 Å². The summed E-state index contributed by atoms with van der Waals surface area (Å²) in [6.45, 7) is 2.43. The van der Waals surface area contributed by atoms with Crippen LogP contribution in [-0.2, 0) is 37.3 Å². The third-order valence-electron chi connectivity index (χ3n) is 10.4. The molecule has 1 saturated carbocycles. The number of carboxylic acids is 1. The number of aliphatic carboxylic acids is 1. The number of para-hydroxylation sites is 1. The van der Waals surface area contributed by atoms with Crippen molar-refractivity contribution in [3.05, 3.63) is 64.8 Å². The summed E-state index contributed by atoms with van der Waals surface area (Å²) in [5, 5.41) is 13.5. The van der Waals surface area contributed by atoms with Gasteiger partial charge in [0.05, 0.1) is 59.6 Å². The van der Waals surface area contributed by atoms with Gasteiger partial charge in [-0.25, -0.2) is 0 Å². The first-order valence-electron chi connectivity index (χ1n) is 16.7. The van der Waals surface area contributed by atoms with Crippen LogP contribution in [0.15, 0.2) is 48.7 Å². The number of carboxylic acid groups (broad SMARTS) is 1. The fourth-order valence-corrected chi connectivity index (χ4v) is 7.88. The second-order valence-corrected chi connectivity index (χ2v) is 13.8. The number of hydrogen-bond acceptors (Lipinski definition) is 7. The molecule has 48 heavy (non-hydrogen) atoms. The summed E-state index contributed by atoms with van der Waals surface area (Å²) in [5.41, 5.74) is 2.75. The first kappa shape index (κ1) is 34.4. The van der Waals surface area contributed by atoms with Crippen LogP contribution < -0.4 is 5.32 Å². The number of halogens is 1. The fourth-order valence-electron chi connectivity index (χ4n) is 7.62. The third kappa shape index (κ3) is 7.40. The number of benzene rings is 2. The first-order valence-corrected chi connectivity index (χ1v) is 17.1. The van der Waals surface area contributed by atoms with E-state index in [1.165, 1.54) is 0 Å². The molecule has 258 valence electrons. The summed E-state index contributed by atoms with van der Waals surface area (Å²) in [5.74, 6) is -1.32. The summed E-state index contributed by atoms with van der Waals surface area (Å²) in [7, 11) is 5.30. The molecule has 1 aliphatic carbocycles. The average molecular weight is 681 g/mol. The van der Waals surface area contributed by atoms with Crippen molar-refractivity contribution in [3.63, 3.8) is 0 Å². The molecule has 3 aliphatic rings. The zero-order valence-corrected chi connectivity index (χ0v) is 28.5. The molecule has 2 aliphatic heterocycles. The van der Waals surface area contributed by atoms with Gasteiger partial charge >= 0.3 is 5.97 Å². The lowest BCUT2D eigenvalue weighted by atomic mass is 9.87. The molecule has 2 N–H and O–H groups in total. The minimum Gasteiger partial charge on any atom is -0.481 e. The predicted molar refractivity (Wildman–Crippen MR) is 182 cm³/mol. The van der Waals surface area contributed by atoms with Crippen LogP contribution in [0.25, 0.3) is 10.9 Å². The number of ether oxygens (including phenoxy) is 3. The molecule has 6 rings (SSSR count). The lowest BCUT2D eigenvalue weighted by Crippen LogP contribution is -2.41. The molecule has 4 atom stereocenters. The zero-order valence-electron chi connectivity index (χ0n) is 27.8. The van der Waals surface area contributed by atoms with Crippen molar-refractivity contribution in [3.8, 4) is 0 Å². The maximum atomic E-state index is 13.9. The Morgan fingerprint density at radius 2 is 1.69 bits per heavy atom. The van der Waals surface area contributed by atoms with E-state index in [0.29, 0.717) is 55.1 Å². The van der Waals surface area contributed by atoms with Crippen LogP contribution >= 0.6 is 11.6 Å². The number of fused-ring (bicyclic) bond motifs is 1. The van der Waals surface area contributed by atoms with Crippen LogP contribution in [0, 0.1) is 5.92 Å². The smallest absolute Gasteiger partial charge is 0.306 e. The number of carbonyl (C=O) groups is 3. The largest absolute Gasteiger partial charge is 0.481 e. The normalized spacial score (nSPS) is 26.3. The first-order chi connectivity index (χ1) is 23.1. The molecule has 11 nitrogen and oxygen atoms in total. The number of hydrogen-bond donors (Lipinski definition) is 2. The molecule has 3 aromatic rings. The van der Waals surface area contributed by atoms with Crippen LogP contribution in [0.5, 0.6) is 0 Å². The Labute approximate surface area is 286 Å². The molecular formula is C36H45ClN4O7. The molecule has 0 spiro atoms. The van der Waals surface area contributed by atoms with Crippen LogP contribution in [0.4, 0.5) is 5.69 Å². The highest BCUT2D eigenvalue weighted by Gasteiger charge is 2.43. The predicted octanol–water partition coefficient (Wildman–Crippen LogP) is 4.60. The van der Waals surface area contributed by atoms with Crippen LogP contribution in [-0.4, -0.2) is 108 Å². The Bertz CT molecular complexity index is 1630. The summed E-state index contributed by atoms with van der Waals surface area (Å²) in [6.07, 6.45) is 5.31. The van der Waals surface area contributed by atoms with E-state index in [1.54, 1.807) is 32.5 Å². The molecule has 0 bridgehead atoms. The maximum absolute atomic E-state index is 13.9. The Kier molecular flexibility index (Phi) is 10.7. The van der Waals surface area contributed by atoms with Crippen molar-refractivity contribution in [1.29, 1.82) is 0 Å². The topological polar surface area (TPSA) is 123 Å². The summed E-state index contributed by atoms with van der Waals surface area (Å²) in [4.78, 5) is 42.8. The second kappa shape index (κ2) is 15.0. The summed E-state index contributed by atoms with van der Waals surface area (Å²) in [6, 6.07) is 13.1. The molecule has 3 heterocycles. The van der Waals surface area contributed by atoms with Crippen molar-refractivity contribution >= 4 is 46.0 Å². The molecule has 2 saturated heterocycles. The van der Waals surface area contributed by atoms with Gasteiger partial charge < -0.3 is 34.1 Å². The molecule has 2 amide bonds.